The maximum absolute atomic E-state index is 5.72. The highest BCUT2D eigenvalue weighted by Crippen LogP contribution is 2.19. The zero-order valence-electron chi connectivity index (χ0n) is 8.64. The lowest BCUT2D eigenvalue weighted by Gasteiger charge is -2.08. The molecule has 0 saturated carbocycles. The summed E-state index contributed by atoms with van der Waals surface area (Å²) in [5, 5.41) is 2.98. The highest BCUT2D eigenvalue weighted by Gasteiger charge is 2.01. The van der Waals surface area contributed by atoms with Gasteiger partial charge in [0, 0.05) is 11.6 Å². The number of para-hydroxylation sites is 1. The maximum atomic E-state index is 5.72. The Bertz CT molecular complexity index is 411. The van der Waals surface area contributed by atoms with Crippen molar-refractivity contribution in [1.82, 2.24) is 4.98 Å². The number of aromatic nitrogens is 1. The van der Waals surface area contributed by atoms with E-state index in [1.54, 1.807) is 17.5 Å². The van der Waals surface area contributed by atoms with E-state index in [9.17, 15) is 0 Å². The molecule has 0 amide bonds. The van der Waals surface area contributed by atoms with Crippen molar-refractivity contribution in [3.8, 4) is 5.75 Å². The molecule has 2 nitrogen and oxygen atoms in total. The van der Waals surface area contributed by atoms with E-state index in [2.05, 4.69) is 18.0 Å². The molecular weight excluding hydrogens is 206 g/mol. The zero-order chi connectivity index (χ0) is 10.5. The first-order valence-electron chi connectivity index (χ1n) is 4.99. The maximum Gasteiger partial charge on any atom is 0.140 e. The van der Waals surface area contributed by atoms with Crippen LogP contribution in [0, 0.1) is 0 Å². The smallest absolute Gasteiger partial charge is 0.140 e. The van der Waals surface area contributed by atoms with Gasteiger partial charge in [0.25, 0.3) is 0 Å². The van der Waals surface area contributed by atoms with E-state index in [0.29, 0.717) is 6.61 Å². The van der Waals surface area contributed by atoms with E-state index in [-0.39, 0.29) is 0 Å². The van der Waals surface area contributed by atoms with Gasteiger partial charge in [-0.2, -0.15) is 0 Å². The van der Waals surface area contributed by atoms with Crippen molar-refractivity contribution in [3.63, 3.8) is 0 Å². The highest BCUT2D eigenvalue weighted by molar-refractivity contribution is 7.09. The summed E-state index contributed by atoms with van der Waals surface area (Å²) < 4.78 is 5.72. The lowest BCUT2D eigenvalue weighted by atomic mass is 10.1. The van der Waals surface area contributed by atoms with Crippen molar-refractivity contribution < 1.29 is 4.74 Å². The van der Waals surface area contributed by atoms with Crippen molar-refractivity contribution in [2.75, 3.05) is 0 Å². The third kappa shape index (κ3) is 2.57. The van der Waals surface area contributed by atoms with Crippen LogP contribution >= 0.6 is 11.3 Å². The first-order valence-corrected chi connectivity index (χ1v) is 5.87. The predicted octanol–water partition coefficient (Wildman–Crippen LogP) is 3.28. The second-order valence-corrected chi connectivity index (χ2v) is 4.15. The molecule has 2 aromatic rings. The van der Waals surface area contributed by atoms with E-state index in [0.717, 1.165) is 17.2 Å². The summed E-state index contributed by atoms with van der Waals surface area (Å²) in [6, 6.07) is 8.13. The standard InChI is InChI=1S/C12H13NOS/c1-2-10-5-3-4-6-11(10)14-9-12-13-7-8-15-12/h3-8H,2,9H2,1H3. The van der Waals surface area contributed by atoms with Crippen LogP contribution in [0.3, 0.4) is 0 Å². The third-order valence-electron chi connectivity index (χ3n) is 2.19. The second kappa shape index (κ2) is 4.94. The number of rotatable bonds is 4. The molecule has 15 heavy (non-hydrogen) atoms. The molecule has 0 bridgehead atoms. The van der Waals surface area contributed by atoms with E-state index in [1.165, 1.54) is 5.56 Å². The van der Waals surface area contributed by atoms with Gasteiger partial charge in [-0.1, -0.05) is 25.1 Å². The number of hydrogen-bond donors (Lipinski definition) is 0. The topological polar surface area (TPSA) is 22.1 Å². The first kappa shape index (κ1) is 10.2. The van der Waals surface area contributed by atoms with Crippen LogP contribution in [-0.4, -0.2) is 4.98 Å². The molecule has 1 aromatic carbocycles. The van der Waals surface area contributed by atoms with Gasteiger partial charge in [0.05, 0.1) is 0 Å². The molecule has 0 aliphatic carbocycles. The molecule has 0 aliphatic rings. The largest absolute Gasteiger partial charge is 0.486 e. The van der Waals surface area contributed by atoms with Crippen molar-refractivity contribution in [3.05, 3.63) is 46.4 Å². The van der Waals surface area contributed by atoms with Crippen LogP contribution in [0.15, 0.2) is 35.8 Å². The van der Waals surface area contributed by atoms with Gasteiger partial charge in [-0.15, -0.1) is 11.3 Å². The molecule has 0 fully saturated rings. The van der Waals surface area contributed by atoms with Gasteiger partial charge in [-0.3, -0.25) is 0 Å². The third-order valence-corrected chi connectivity index (χ3v) is 2.94. The highest BCUT2D eigenvalue weighted by atomic mass is 32.1. The van der Waals surface area contributed by atoms with Crippen molar-refractivity contribution in [2.24, 2.45) is 0 Å². The van der Waals surface area contributed by atoms with Gasteiger partial charge >= 0.3 is 0 Å². The molecular formula is C12H13NOS. The number of nitrogens with zero attached hydrogens (tertiary/aromatic N) is 1. The van der Waals surface area contributed by atoms with Crippen LogP contribution in [0.1, 0.15) is 17.5 Å². The summed E-state index contributed by atoms with van der Waals surface area (Å²) in [5.41, 5.74) is 1.24. The first-order chi connectivity index (χ1) is 7.40. The second-order valence-electron chi connectivity index (χ2n) is 3.18. The molecule has 0 spiro atoms. The van der Waals surface area contributed by atoms with Crippen molar-refractivity contribution >= 4 is 11.3 Å². The summed E-state index contributed by atoms with van der Waals surface area (Å²) >= 11 is 1.62. The van der Waals surface area contributed by atoms with Crippen molar-refractivity contribution in [1.29, 1.82) is 0 Å². The van der Waals surface area contributed by atoms with Gasteiger partial charge in [-0.05, 0) is 18.1 Å². The van der Waals surface area contributed by atoms with Crippen LogP contribution in [0.2, 0.25) is 0 Å². The Balaban J connectivity index is 2.04. The summed E-state index contributed by atoms with van der Waals surface area (Å²) in [6.45, 7) is 2.69. The van der Waals surface area contributed by atoms with Crippen LogP contribution < -0.4 is 4.74 Å². The molecule has 0 N–H and O–H groups in total. The summed E-state index contributed by atoms with van der Waals surface area (Å²) in [6.07, 6.45) is 2.79. The monoisotopic (exact) mass is 219 g/mol. The van der Waals surface area contributed by atoms with Crippen LogP contribution in [0.4, 0.5) is 0 Å². The van der Waals surface area contributed by atoms with Gasteiger partial charge in [0.1, 0.15) is 17.4 Å². The van der Waals surface area contributed by atoms with Crippen molar-refractivity contribution in [2.45, 2.75) is 20.0 Å². The van der Waals surface area contributed by atoms with E-state index in [1.807, 2.05) is 23.6 Å². The molecule has 78 valence electrons. The molecule has 3 heteroatoms. The van der Waals surface area contributed by atoms with Gasteiger partial charge in [-0.25, -0.2) is 4.98 Å². The summed E-state index contributed by atoms with van der Waals surface area (Å²) in [5.74, 6) is 0.968. The average molecular weight is 219 g/mol. The normalized spacial score (nSPS) is 10.2. The SMILES string of the molecule is CCc1ccccc1OCc1nccs1. The molecule has 1 aromatic heterocycles. The number of ether oxygens (including phenoxy) is 1. The molecule has 0 unspecified atom stereocenters. The van der Waals surface area contributed by atoms with Gasteiger partial charge in [0.2, 0.25) is 0 Å². The minimum atomic E-state index is 0.564. The lowest BCUT2D eigenvalue weighted by Crippen LogP contribution is -1.97. The molecule has 0 aliphatic heterocycles. The molecule has 0 saturated heterocycles. The van der Waals surface area contributed by atoms with E-state index < -0.39 is 0 Å². The molecule has 2 rings (SSSR count). The number of benzene rings is 1. The van der Waals surface area contributed by atoms with E-state index >= 15 is 0 Å². The Morgan fingerprint density at radius 2 is 2.20 bits per heavy atom. The number of hydrogen-bond acceptors (Lipinski definition) is 3. The average Bonchev–Trinajstić information content (AvgIpc) is 2.79. The van der Waals surface area contributed by atoms with E-state index in [4.69, 9.17) is 4.74 Å². The molecule has 0 atom stereocenters. The lowest BCUT2D eigenvalue weighted by molar-refractivity contribution is 0.302. The fourth-order valence-electron chi connectivity index (χ4n) is 1.40. The molecule has 0 radical (unpaired) electrons. The Hall–Kier alpha value is -1.35. The minimum Gasteiger partial charge on any atom is -0.486 e. The summed E-state index contributed by atoms with van der Waals surface area (Å²) in [7, 11) is 0. The van der Waals surface area contributed by atoms with Gasteiger partial charge < -0.3 is 4.74 Å². The predicted molar refractivity (Wildman–Crippen MR) is 62.3 cm³/mol. The summed E-state index contributed by atoms with van der Waals surface area (Å²) in [4.78, 5) is 4.18. The van der Waals surface area contributed by atoms with Gasteiger partial charge in [0.15, 0.2) is 0 Å². The fourth-order valence-corrected chi connectivity index (χ4v) is 1.93. The Kier molecular flexibility index (Phi) is 3.35. The minimum absolute atomic E-state index is 0.564. The Morgan fingerprint density at radius 3 is 2.93 bits per heavy atom. The van der Waals surface area contributed by atoms with Crippen LogP contribution in [0.25, 0.3) is 0 Å². The molecule has 1 heterocycles. The quantitative estimate of drug-likeness (QED) is 0.787. The van der Waals surface area contributed by atoms with Crippen LogP contribution in [0.5, 0.6) is 5.75 Å². The fraction of sp³-hybridized carbons (Fsp3) is 0.250. The Labute approximate surface area is 93.6 Å². The van der Waals surface area contributed by atoms with Crippen LogP contribution in [-0.2, 0) is 13.0 Å². The Morgan fingerprint density at radius 1 is 1.33 bits per heavy atom. The number of thiazole rings is 1. The number of aryl methyl sites for hydroxylation is 1. The zero-order valence-corrected chi connectivity index (χ0v) is 9.46.